The van der Waals surface area contributed by atoms with Crippen molar-refractivity contribution in [2.45, 2.75) is 37.5 Å². The van der Waals surface area contributed by atoms with E-state index in [1.165, 1.54) is 47.7 Å². The van der Waals surface area contributed by atoms with Gasteiger partial charge in [-0.2, -0.15) is 0 Å². The monoisotopic (exact) mass is 567 g/mol. The number of aromatic hydroxyl groups is 1. The number of H-pyrrole nitrogens is 1. The number of aromatic nitrogens is 4. The molecule has 7 nitrogen and oxygen atoms in total. The number of fused-ring (bicyclic) bond motifs is 2. The lowest BCUT2D eigenvalue weighted by Gasteiger charge is -2.29. The molecule has 2 N–H and O–H groups in total. The molecule has 4 heterocycles. The number of hydrogen-bond acceptors (Lipinski definition) is 5. The van der Waals surface area contributed by atoms with Crippen molar-refractivity contribution in [2.75, 3.05) is 20.1 Å². The summed E-state index contributed by atoms with van der Waals surface area (Å²) in [4.78, 5) is 28.5. The van der Waals surface area contributed by atoms with Gasteiger partial charge >= 0.3 is 0 Å². The third-order valence-corrected chi connectivity index (χ3v) is 9.34. The Bertz CT molecular complexity index is 2050. The van der Waals surface area contributed by atoms with Crippen molar-refractivity contribution in [3.63, 3.8) is 0 Å². The van der Waals surface area contributed by atoms with Crippen LogP contribution in [0.1, 0.15) is 48.6 Å². The molecule has 3 aromatic carbocycles. The van der Waals surface area contributed by atoms with Gasteiger partial charge in [0.1, 0.15) is 17.7 Å². The minimum Gasteiger partial charge on any atom is -0.505 e. The number of phenols is 1. The minimum absolute atomic E-state index is 0.00350. The maximum atomic E-state index is 13.6. The van der Waals surface area contributed by atoms with Crippen LogP contribution in [0.15, 0.2) is 90.1 Å². The van der Waals surface area contributed by atoms with Crippen LogP contribution in [0.2, 0.25) is 0 Å². The number of nitrogens with zero attached hydrogens (tertiary/aromatic N) is 4. The summed E-state index contributed by atoms with van der Waals surface area (Å²) in [6.45, 7) is 2.28. The Balaban J connectivity index is 1.15. The van der Waals surface area contributed by atoms with Crippen LogP contribution in [0.25, 0.3) is 50.0 Å². The molecule has 2 aliphatic rings. The summed E-state index contributed by atoms with van der Waals surface area (Å²) in [5.74, 6) is 1.23. The van der Waals surface area contributed by atoms with E-state index in [1.807, 2.05) is 30.3 Å². The first-order valence-electron chi connectivity index (χ1n) is 15.1. The van der Waals surface area contributed by atoms with E-state index in [1.54, 1.807) is 12.3 Å². The van der Waals surface area contributed by atoms with E-state index >= 15 is 0 Å². The average Bonchev–Trinajstić information content (AvgIpc) is 3.80. The van der Waals surface area contributed by atoms with Crippen LogP contribution in [0.4, 0.5) is 0 Å². The van der Waals surface area contributed by atoms with Crippen LogP contribution < -0.4 is 5.56 Å². The van der Waals surface area contributed by atoms with E-state index in [0.29, 0.717) is 39.8 Å². The predicted molar refractivity (Wildman–Crippen MR) is 171 cm³/mol. The number of nitrogens with one attached hydrogen (secondary N) is 1. The van der Waals surface area contributed by atoms with Gasteiger partial charge in [0, 0.05) is 28.2 Å². The predicted octanol–water partition coefficient (Wildman–Crippen LogP) is 6.99. The molecule has 1 saturated heterocycles. The van der Waals surface area contributed by atoms with Crippen LogP contribution in [0.3, 0.4) is 0 Å². The normalized spacial score (nSPS) is 16.3. The van der Waals surface area contributed by atoms with E-state index in [2.05, 4.69) is 63.3 Å². The zero-order valence-corrected chi connectivity index (χ0v) is 24.1. The molecule has 0 bridgehead atoms. The second kappa shape index (κ2) is 10.2. The lowest BCUT2D eigenvalue weighted by molar-refractivity contribution is 0.255. The summed E-state index contributed by atoms with van der Waals surface area (Å²) in [6, 6.07) is 24.4. The van der Waals surface area contributed by atoms with Crippen molar-refractivity contribution >= 4 is 21.8 Å². The minimum atomic E-state index is -0.159. The number of aromatic amines is 1. The molecule has 0 atom stereocenters. The largest absolute Gasteiger partial charge is 0.505 e. The Morgan fingerprint density at radius 3 is 2.40 bits per heavy atom. The van der Waals surface area contributed by atoms with Gasteiger partial charge in [0.05, 0.1) is 11.4 Å². The molecule has 214 valence electrons. The number of pyridine rings is 1. The van der Waals surface area contributed by atoms with Gasteiger partial charge in [-0.1, -0.05) is 42.5 Å². The summed E-state index contributed by atoms with van der Waals surface area (Å²) in [7, 11) is 2.19. The third-order valence-electron chi connectivity index (χ3n) is 9.34. The number of hydrogen-bond donors (Lipinski definition) is 2. The third kappa shape index (κ3) is 4.61. The molecule has 0 amide bonds. The Hall–Kier alpha value is -4.75. The van der Waals surface area contributed by atoms with Crippen LogP contribution >= 0.6 is 0 Å². The zero-order valence-electron chi connectivity index (χ0n) is 24.1. The highest BCUT2D eigenvalue weighted by molar-refractivity contribution is 5.96. The Labute approximate surface area is 249 Å². The van der Waals surface area contributed by atoms with Gasteiger partial charge in [0.2, 0.25) is 0 Å². The second-order valence-corrected chi connectivity index (χ2v) is 12.2. The summed E-state index contributed by atoms with van der Waals surface area (Å²) in [5.41, 5.74) is 6.81. The Morgan fingerprint density at radius 2 is 1.60 bits per heavy atom. The highest BCUT2D eigenvalue weighted by Gasteiger charge is 2.24. The molecule has 2 fully saturated rings. The summed E-state index contributed by atoms with van der Waals surface area (Å²) >= 11 is 0. The topological polar surface area (TPSA) is 87.0 Å². The molecule has 0 spiro atoms. The highest BCUT2D eigenvalue weighted by Crippen LogP contribution is 2.41. The molecule has 1 aliphatic heterocycles. The van der Waals surface area contributed by atoms with E-state index in [4.69, 9.17) is 0 Å². The molecule has 1 aliphatic carbocycles. The van der Waals surface area contributed by atoms with Crippen molar-refractivity contribution < 1.29 is 5.11 Å². The fraction of sp³-hybridized carbons (Fsp3) is 0.250. The maximum absolute atomic E-state index is 13.6. The molecule has 1 saturated carbocycles. The fourth-order valence-electron chi connectivity index (χ4n) is 6.63. The lowest BCUT2D eigenvalue weighted by Crippen LogP contribution is -2.29. The van der Waals surface area contributed by atoms with Crippen LogP contribution in [0, 0.1) is 0 Å². The van der Waals surface area contributed by atoms with E-state index in [0.717, 1.165) is 35.1 Å². The first-order valence-corrected chi connectivity index (χ1v) is 15.1. The first kappa shape index (κ1) is 25.9. The summed E-state index contributed by atoms with van der Waals surface area (Å²) in [6.07, 6.45) is 8.07. The molecule has 6 aromatic rings. The summed E-state index contributed by atoms with van der Waals surface area (Å²) in [5, 5.41) is 13.9. The van der Waals surface area contributed by atoms with Gasteiger partial charge in [-0.15, -0.1) is 0 Å². The quantitative estimate of drug-likeness (QED) is 0.235. The van der Waals surface area contributed by atoms with Crippen LogP contribution in [-0.2, 0) is 0 Å². The SMILES string of the molecule is CN1CCC(c2ccc(-c3cc4c(-c5cccc(-n6ccc7cc(C8CC8)ccc7c6=O)c5O)ncnc4[nH]3)cc2)CC1. The van der Waals surface area contributed by atoms with Crippen molar-refractivity contribution in [3.8, 4) is 34.0 Å². The number of rotatable bonds is 5. The fourth-order valence-corrected chi connectivity index (χ4v) is 6.63. The summed E-state index contributed by atoms with van der Waals surface area (Å²) < 4.78 is 1.52. The molecule has 3 aromatic heterocycles. The molecular formula is C36H33N5O2. The van der Waals surface area contributed by atoms with E-state index < -0.39 is 0 Å². The Kier molecular flexibility index (Phi) is 6.15. The standard InChI is InChI=1S/C36H33N5O2/c1-40-16-13-24(14-17-40)22-7-9-25(10-8-22)31-20-30-33(37-21-38-35(30)39-31)29-3-2-4-32(34(29)42)41-18-15-27-19-26(23-5-6-23)11-12-28(27)36(41)43/h2-4,7-12,15,18-21,23-24,42H,5-6,13-14,16-17H2,1H3,(H,37,38,39). The first-order chi connectivity index (χ1) is 21.0. The molecule has 7 heteroatoms. The van der Waals surface area contributed by atoms with Crippen molar-refractivity contribution in [3.05, 3.63) is 107 Å². The van der Waals surface area contributed by atoms with Crippen molar-refractivity contribution in [2.24, 2.45) is 0 Å². The Morgan fingerprint density at radius 1 is 0.837 bits per heavy atom. The lowest BCUT2D eigenvalue weighted by atomic mass is 9.89. The van der Waals surface area contributed by atoms with Crippen molar-refractivity contribution in [1.82, 2.24) is 24.4 Å². The van der Waals surface area contributed by atoms with Gasteiger partial charge in [0.15, 0.2) is 0 Å². The van der Waals surface area contributed by atoms with Gasteiger partial charge < -0.3 is 15.0 Å². The number of para-hydroxylation sites is 1. The van der Waals surface area contributed by atoms with Crippen molar-refractivity contribution in [1.29, 1.82) is 0 Å². The highest BCUT2D eigenvalue weighted by atomic mass is 16.3. The second-order valence-electron chi connectivity index (χ2n) is 12.2. The van der Waals surface area contributed by atoms with Gasteiger partial charge in [0.25, 0.3) is 5.56 Å². The van der Waals surface area contributed by atoms with Gasteiger partial charge in [-0.25, -0.2) is 9.97 Å². The molecular weight excluding hydrogens is 534 g/mol. The molecule has 8 rings (SSSR count). The molecule has 0 unspecified atom stereocenters. The average molecular weight is 568 g/mol. The molecule has 0 radical (unpaired) electrons. The van der Waals surface area contributed by atoms with Gasteiger partial charge in [-0.05, 0) is 110 Å². The van der Waals surface area contributed by atoms with Gasteiger partial charge in [-0.3, -0.25) is 9.36 Å². The van der Waals surface area contributed by atoms with Crippen LogP contribution in [-0.4, -0.2) is 49.7 Å². The number of piperidine rings is 1. The molecule has 43 heavy (non-hydrogen) atoms. The van der Waals surface area contributed by atoms with E-state index in [-0.39, 0.29) is 11.3 Å². The maximum Gasteiger partial charge on any atom is 0.263 e. The number of likely N-dealkylation sites (tertiary alicyclic amines) is 1. The number of phenolic OH excluding ortho intramolecular Hbond substituents is 1. The van der Waals surface area contributed by atoms with Crippen LogP contribution in [0.5, 0.6) is 5.75 Å². The zero-order chi connectivity index (χ0) is 29.1. The smallest absolute Gasteiger partial charge is 0.263 e. The van der Waals surface area contributed by atoms with E-state index in [9.17, 15) is 9.90 Å². The number of benzene rings is 3.